The molecule has 0 aliphatic heterocycles. The van der Waals surface area contributed by atoms with E-state index in [1.165, 1.54) is 36.8 Å². The number of benzene rings is 2. The van der Waals surface area contributed by atoms with Gasteiger partial charge in [0.25, 0.3) is 0 Å². The SMILES string of the molecule is CC(C)CCc1cccc(-c2ccccc2)c1CCC(C)C. The topological polar surface area (TPSA) is 0 Å². The highest BCUT2D eigenvalue weighted by Crippen LogP contribution is 2.29. The lowest BCUT2D eigenvalue weighted by atomic mass is 9.88. The fourth-order valence-electron chi connectivity index (χ4n) is 2.93. The van der Waals surface area contributed by atoms with Crippen molar-refractivity contribution in [2.24, 2.45) is 11.8 Å². The van der Waals surface area contributed by atoms with Crippen molar-refractivity contribution in [3.8, 4) is 11.1 Å². The van der Waals surface area contributed by atoms with Crippen molar-refractivity contribution in [3.63, 3.8) is 0 Å². The van der Waals surface area contributed by atoms with Crippen molar-refractivity contribution in [3.05, 3.63) is 59.7 Å². The molecule has 0 fully saturated rings. The Hall–Kier alpha value is -1.56. The molecule has 0 bridgehead atoms. The molecular formula is C22H30. The van der Waals surface area contributed by atoms with E-state index >= 15 is 0 Å². The molecule has 0 saturated heterocycles. The van der Waals surface area contributed by atoms with Crippen LogP contribution < -0.4 is 0 Å². The standard InChI is InChI=1S/C22H30/c1-17(2)13-15-20-11-8-12-21(19-9-6-5-7-10-19)22(20)16-14-18(3)4/h5-12,17-18H,13-16H2,1-4H3. The van der Waals surface area contributed by atoms with E-state index in [9.17, 15) is 0 Å². The zero-order valence-corrected chi connectivity index (χ0v) is 14.6. The van der Waals surface area contributed by atoms with E-state index in [0.717, 1.165) is 11.8 Å². The Kier molecular flexibility index (Phi) is 6.24. The van der Waals surface area contributed by atoms with E-state index in [0.29, 0.717) is 0 Å². The highest BCUT2D eigenvalue weighted by molar-refractivity contribution is 5.68. The third-order valence-corrected chi connectivity index (χ3v) is 4.32. The van der Waals surface area contributed by atoms with E-state index in [1.54, 1.807) is 11.1 Å². The monoisotopic (exact) mass is 294 g/mol. The Labute approximate surface area is 136 Å². The van der Waals surface area contributed by atoms with Crippen LogP contribution in [-0.2, 0) is 12.8 Å². The summed E-state index contributed by atoms with van der Waals surface area (Å²) in [4.78, 5) is 0. The van der Waals surface area contributed by atoms with Crippen LogP contribution in [0.5, 0.6) is 0 Å². The molecule has 2 aromatic rings. The minimum atomic E-state index is 0.752. The third-order valence-electron chi connectivity index (χ3n) is 4.32. The first kappa shape index (κ1) is 16.8. The van der Waals surface area contributed by atoms with E-state index in [2.05, 4.69) is 76.2 Å². The number of hydrogen-bond donors (Lipinski definition) is 0. The molecule has 22 heavy (non-hydrogen) atoms. The van der Waals surface area contributed by atoms with E-state index in [-0.39, 0.29) is 0 Å². The van der Waals surface area contributed by atoms with Crippen LogP contribution in [0.1, 0.15) is 51.7 Å². The molecule has 0 aromatic heterocycles. The molecule has 0 nitrogen and oxygen atoms in total. The molecule has 0 amide bonds. The summed E-state index contributed by atoms with van der Waals surface area (Å²) in [7, 11) is 0. The summed E-state index contributed by atoms with van der Waals surface area (Å²) >= 11 is 0. The quantitative estimate of drug-likeness (QED) is 0.544. The minimum Gasteiger partial charge on any atom is -0.0628 e. The highest BCUT2D eigenvalue weighted by atomic mass is 14.2. The molecule has 0 unspecified atom stereocenters. The molecule has 2 rings (SSSR count). The van der Waals surface area contributed by atoms with Gasteiger partial charge in [0, 0.05) is 0 Å². The molecule has 0 atom stereocenters. The molecule has 0 saturated carbocycles. The molecule has 0 aliphatic rings. The molecule has 0 aliphatic carbocycles. The molecule has 0 heterocycles. The lowest BCUT2D eigenvalue weighted by Crippen LogP contribution is -2.02. The molecular weight excluding hydrogens is 264 g/mol. The van der Waals surface area contributed by atoms with Crippen LogP contribution in [0, 0.1) is 11.8 Å². The van der Waals surface area contributed by atoms with E-state index < -0.39 is 0 Å². The van der Waals surface area contributed by atoms with Gasteiger partial charge in [-0.15, -0.1) is 0 Å². The van der Waals surface area contributed by atoms with Crippen LogP contribution in [0.2, 0.25) is 0 Å². The smallest absolute Gasteiger partial charge is 0.0149 e. The second-order valence-electron chi connectivity index (χ2n) is 7.17. The van der Waals surface area contributed by atoms with Gasteiger partial charge in [-0.25, -0.2) is 0 Å². The van der Waals surface area contributed by atoms with Crippen LogP contribution in [-0.4, -0.2) is 0 Å². The first-order chi connectivity index (χ1) is 10.6. The Balaban J connectivity index is 2.36. The first-order valence-electron chi connectivity index (χ1n) is 8.74. The van der Waals surface area contributed by atoms with Crippen LogP contribution in [0.4, 0.5) is 0 Å². The maximum Gasteiger partial charge on any atom is -0.0149 e. The second kappa shape index (κ2) is 8.17. The van der Waals surface area contributed by atoms with Crippen LogP contribution >= 0.6 is 0 Å². The fourth-order valence-corrected chi connectivity index (χ4v) is 2.93. The van der Waals surface area contributed by atoms with Gasteiger partial charge in [0.15, 0.2) is 0 Å². The predicted octanol–water partition coefficient (Wildman–Crippen LogP) is 6.53. The average Bonchev–Trinajstić information content (AvgIpc) is 2.51. The van der Waals surface area contributed by atoms with Gasteiger partial charge < -0.3 is 0 Å². The van der Waals surface area contributed by atoms with Gasteiger partial charge in [0.1, 0.15) is 0 Å². The van der Waals surface area contributed by atoms with Crippen molar-refractivity contribution < 1.29 is 0 Å². The Bertz CT molecular complexity index is 564. The van der Waals surface area contributed by atoms with Gasteiger partial charge in [-0.05, 0) is 59.8 Å². The summed E-state index contributed by atoms with van der Waals surface area (Å²) in [6.07, 6.45) is 4.92. The third kappa shape index (κ3) is 4.73. The molecule has 2 aromatic carbocycles. The van der Waals surface area contributed by atoms with Gasteiger partial charge in [0.2, 0.25) is 0 Å². The average molecular weight is 294 g/mol. The van der Waals surface area contributed by atoms with Crippen molar-refractivity contribution in [2.75, 3.05) is 0 Å². The van der Waals surface area contributed by atoms with Crippen molar-refractivity contribution >= 4 is 0 Å². The molecule has 0 spiro atoms. The van der Waals surface area contributed by atoms with Crippen molar-refractivity contribution in [2.45, 2.75) is 53.4 Å². The Morgan fingerprint density at radius 2 is 1.32 bits per heavy atom. The first-order valence-corrected chi connectivity index (χ1v) is 8.74. The number of hydrogen-bond acceptors (Lipinski definition) is 0. The minimum absolute atomic E-state index is 0.752. The summed E-state index contributed by atoms with van der Waals surface area (Å²) < 4.78 is 0. The molecule has 0 N–H and O–H groups in total. The van der Waals surface area contributed by atoms with E-state index in [1.807, 2.05) is 0 Å². The summed E-state index contributed by atoms with van der Waals surface area (Å²) in [5.41, 5.74) is 5.91. The lowest BCUT2D eigenvalue weighted by Gasteiger charge is -2.17. The molecule has 0 heteroatoms. The fraction of sp³-hybridized carbons (Fsp3) is 0.455. The van der Waals surface area contributed by atoms with Crippen LogP contribution in [0.3, 0.4) is 0 Å². The zero-order valence-electron chi connectivity index (χ0n) is 14.6. The van der Waals surface area contributed by atoms with Gasteiger partial charge in [-0.1, -0.05) is 76.2 Å². The maximum absolute atomic E-state index is 2.34. The Morgan fingerprint density at radius 3 is 1.95 bits per heavy atom. The van der Waals surface area contributed by atoms with E-state index in [4.69, 9.17) is 0 Å². The summed E-state index contributed by atoms with van der Waals surface area (Å²) in [5, 5.41) is 0. The summed E-state index contributed by atoms with van der Waals surface area (Å²) in [6.45, 7) is 9.27. The summed E-state index contributed by atoms with van der Waals surface area (Å²) in [5.74, 6) is 1.51. The van der Waals surface area contributed by atoms with Crippen LogP contribution in [0.25, 0.3) is 11.1 Å². The highest BCUT2D eigenvalue weighted by Gasteiger charge is 2.11. The number of aryl methyl sites for hydroxylation is 1. The van der Waals surface area contributed by atoms with Gasteiger partial charge in [-0.3, -0.25) is 0 Å². The predicted molar refractivity (Wildman–Crippen MR) is 98.2 cm³/mol. The summed E-state index contributed by atoms with van der Waals surface area (Å²) in [6, 6.07) is 17.7. The molecule has 118 valence electrons. The largest absolute Gasteiger partial charge is 0.0628 e. The maximum atomic E-state index is 2.34. The Morgan fingerprint density at radius 1 is 0.682 bits per heavy atom. The zero-order chi connectivity index (χ0) is 15.9. The lowest BCUT2D eigenvalue weighted by molar-refractivity contribution is 0.571. The second-order valence-corrected chi connectivity index (χ2v) is 7.17. The molecule has 0 radical (unpaired) electrons. The van der Waals surface area contributed by atoms with Crippen molar-refractivity contribution in [1.29, 1.82) is 0 Å². The normalized spacial score (nSPS) is 11.4. The van der Waals surface area contributed by atoms with Crippen molar-refractivity contribution in [1.82, 2.24) is 0 Å². The number of rotatable bonds is 7. The van der Waals surface area contributed by atoms with Gasteiger partial charge in [-0.2, -0.15) is 0 Å². The van der Waals surface area contributed by atoms with Crippen LogP contribution in [0.15, 0.2) is 48.5 Å². The van der Waals surface area contributed by atoms with Gasteiger partial charge >= 0.3 is 0 Å². The van der Waals surface area contributed by atoms with Gasteiger partial charge in [0.05, 0.1) is 0 Å².